The van der Waals surface area contributed by atoms with E-state index >= 15 is 0 Å². The first-order chi connectivity index (χ1) is 5.88. The van der Waals surface area contributed by atoms with Gasteiger partial charge in [-0.1, -0.05) is 13.3 Å². The Labute approximate surface area is 73.1 Å². The van der Waals surface area contributed by atoms with E-state index in [0.717, 1.165) is 25.1 Å². The quantitative estimate of drug-likeness (QED) is 0.619. The van der Waals surface area contributed by atoms with Crippen LogP contribution in [0, 0.1) is 11.3 Å². The molecule has 0 spiro atoms. The van der Waals surface area contributed by atoms with E-state index in [1.165, 1.54) is 0 Å². The van der Waals surface area contributed by atoms with Crippen molar-refractivity contribution in [2.45, 2.75) is 26.3 Å². The summed E-state index contributed by atoms with van der Waals surface area (Å²) in [5.41, 5.74) is 0.742. The van der Waals surface area contributed by atoms with Crippen molar-refractivity contribution in [3.63, 3.8) is 0 Å². The van der Waals surface area contributed by atoms with E-state index in [9.17, 15) is 0 Å². The van der Waals surface area contributed by atoms with Crippen molar-refractivity contribution in [3.8, 4) is 6.07 Å². The fraction of sp³-hybridized carbons (Fsp3) is 0.400. The zero-order valence-corrected chi connectivity index (χ0v) is 7.33. The number of nitriles is 1. The third-order valence-corrected chi connectivity index (χ3v) is 1.81. The Balaban J connectivity index is 2.77. The molecule has 12 heavy (non-hydrogen) atoms. The zero-order chi connectivity index (χ0) is 8.81. The molecule has 0 saturated carbocycles. The van der Waals surface area contributed by atoms with Gasteiger partial charge in [0.25, 0.3) is 5.69 Å². The molecule has 0 aromatic carbocycles. The number of rotatable bonds is 3. The number of nitrogens with zero attached hydrogens (tertiary/aromatic N) is 2. The largest absolute Gasteiger partial charge is 0.283 e. The Kier molecular flexibility index (Phi) is 3.28. The summed E-state index contributed by atoms with van der Waals surface area (Å²) in [6.07, 6.45) is 4.24. The van der Waals surface area contributed by atoms with E-state index in [1.807, 2.05) is 29.0 Å². The second-order valence-corrected chi connectivity index (χ2v) is 2.74. The number of aryl methyl sites for hydroxylation is 1. The minimum atomic E-state index is 0.742. The Bertz CT molecular complexity index is 286. The summed E-state index contributed by atoms with van der Waals surface area (Å²) in [4.78, 5) is 0. The molecule has 0 saturated heterocycles. The molecule has 0 atom stereocenters. The normalized spacial score (nSPS) is 9.33. The average Bonchev–Trinajstić information content (AvgIpc) is 2.15. The molecule has 0 N–H and O–H groups in total. The van der Waals surface area contributed by atoms with Crippen LogP contribution in [0.1, 0.15) is 25.5 Å². The van der Waals surface area contributed by atoms with Crippen molar-refractivity contribution < 1.29 is 4.57 Å². The van der Waals surface area contributed by atoms with Crippen molar-refractivity contribution >= 4 is 0 Å². The highest BCUT2D eigenvalue weighted by Gasteiger charge is 2.05. The van der Waals surface area contributed by atoms with Crippen LogP contribution in [0.15, 0.2) is 24.4 Å². The van der Waals surface area contributed by atoms with Crippen LogP contribution in [-0.2, 0) is 6.54 Å². The summed E-state index contributed by atoms with van der Waals surface area (Å²) in [5, 5.41) is 8.75. The van der Waals surface area contributed by atoms with Crippen LogP contribution >= 0.6 is 0 Å². The van der Waals surface area contributed by atoms with Gasteiger partial charge in [-0.3, -0.25) is 0 Å². The van der Waals surface area contributed by atoms with Crippen LogP contribution < -0.4 is 4.57 Å². The Morgan fingerprint density at radius 3 is 3.00 bits per heavy atom. The van der Waals surface area contributed by atoms with Gasteiger partial charge in [0, 0.05) is 18.6 Å². The van der Waals surface area contributed by atoms with Gasteiger partial charge in [0.2, 0.25) is 0 Å². The first kappa shape index (κ1) is 8.73. The van der Waals surface area contributed by atoms with Crippen molar-refractivity contribution in [2.75, 3.05) is 0 Å². The fourth-order valence-electron chi connectivity index (χ4n) is 1.10. The molecule has 1 heterocycles. The highest BCUT2D eigenvalue weighted by molar-refractivity contribution is 5.12. The van der Waals surface area contributed by atoms with Gasteiger partial charge >= 0.3 is 0 Å². The third kappa shape index (κ3) is 2.06. The number of aromatic nitrogens is 1. The Morgan fingerprint density at radius 2 is 2.33 bits per heavy atom. The molecule has 0 amide bonds. The monoisotopic (exact) mass is 161 g/mol. The molecule has 0 aliphatic carbocycles. The molecule has 0 unspecified atom stereocenters. The van der Waals surface area contributed by atoms with E-state index in [1.54, 1.807) is 0 Å². The Morgan fingerprint density at radius 1 is 1.50 bits per heavy atom. The molecule has 62 valence electrons. The van der Waals surface area contributed by atoms with Gasteiger partial charge in [0.15, 0.2) is 12.3 Å². The van der Waals surface area contributed by atoms with Crippen molar-refractivity contribution in [1.82, 2.24) is 0 Å². The molecule has 1 aromatic heterocycles. The van der Waals surface area contributed by atoms with Gasteiger partial charge < -0.3 is 0 Å². The van der Waals surface area contributed by atoms with Gasteiger partial charge in [-0.15, -0.1) is 0 Å². The van der Waals surface area contributed by atoms with Gasteiger partial charge in [-0.2, -0.15) is 9.83 Å². The summed E-state index contributed by atoms with van der Waals surface area (Å²) in [6, 6.07) is 7.86. The second-order valence-electron chi connectivity index (χ2n) is 2.74. The second kappa shape index (κ2) is 4.50. The van der Waals surface area contributed by atoms with Crippen LogP contribution in [0.25, 0.3) is 0 Å². The average molecular weight is 161 g/mol. The third-order valence-electron chi connectivity index (χ3n) is 1.81. The van der Waals surface area contributed by atoms with Crippen molar-refractivity contribution in [1.29, 1.82) is 5.26 Å². The Hall–Kier alpha value is -1.36. The summed E-state index contributed by atoms with van der Waals surface area (Å²) < 4.78 is 1.99. The molecular weight excluding hydrogens is 148 g/mol. The van der Waals surface area contributed by atoms with E-state index in [0.29, 0.717) is 0 Å². The smallest absolute Gasteiger partial charge is 0.190 e. The molecule has 1 rings (SSSR count). The maximum atomic E-state index is 8.75. The number of hydrogen-bond donors (Lipinski definition) is 0. The van der Waals surface area contributed by atoms with Crippen LogP contribution in [0.2, 0.25) is 0 Å². The molecular formula is C10H13N2+. The van der Waals surface area contributed by atoms with Crippen LogP contribution in [0.3, 0.4) is 0 Å². The lowest BCUT2D eigenvalue weighted by atomic mass is 10.3. The predicted molar refractivity (Wildman–Crippen MR) is 46.3 cm³/mol. The van der Waals surface area contributed by atoms with E-state index in [-0.39, 0.29) is 0 Å². The number of unbranched alkanes of at least 4 members (excludes halogenated alkanes) is 1. The number of pyridine rings is 1. The van der Waals surface area contributed by atoms with Crippen LogP contribution in [0.4, 0.5) is 0 Å². The maximum Gasteiger partial charge on any atom is 0.283 e. The molecule has 1 aromatic rings. The molecule has 2 heteroatoms. The lowest BCUT2D eigenvalue weighted by molar-refractivity contribution is -0.699. The minimum absolute atomic E-state index is 0.742. The first-order valence-electron chi connectivity index (χ1n) is 4.27. The van der Waals surface area contributed by atoms with Crippen LogP contribution in [0.5, 0.6) is 0 Å². The lowest BCUT2D eigenvalue weighted by Gasteiger charge is -1.95. The molecule has 0 aliphatic rings. The summed E-state index contributed by atoms with van der Waals surface area (Å²) in [7, 11) is 0. The van der Waals surface area contributed by atoms with Crippen molar-refractivity contribution in [2.24, 2.45) is 0 Å². The lowest BCUT2D eigenvalue weighted by Crippen LogP contribution is -2.36. The zero-order valence-electron chi connectivity index (χ0n) is 7.33. The van der Waals surface area contributed by atoms with Crippen molar-refractivity contribution in [3.05, 3.63) is 30.1 Å². The van der Waals surface area contributed by atoms with E-state index < -0.39 is 0 Å². The minimum Gasteiger partial charge on any atom is -0.190 e. The van der Waals surface area contributed by atoms with Gasteiger partial charge in [0.1, 0.15) is 6.54 Å². The summed E-state index contributed by atoms with van der Waals surface area (Å²) in [5.74, 6) is 0. The fourth-order valence-corrected chi connectivity index (χ4v) is 1.10. The summed E-state index contributed by atoms with van der Waals surface area (Å²) in [6.45, 7) is 3.09. The molecule has 2 nitrogen and oxygen atoms in total. The highest BCUT2D eigenvalue weighted by atomic mass is 14.9. The predicted octanol–water partition coefficient (Wildman–Crippen LogP) is 1.65. The molecule has 0 fully saturated rings. The molecule has 0 aliphatic heterocycles. The van der Waals surface area contributed by atoms with Gasteiger partial charge in [-0.25, -0.2) is 0 Å². The number of hydrogen-bond acceptors (Lipinski definition) is 1. The van der Waals surface area contributed by atoms with E-state index in [2.05, 4.69) is 13.0 Å². The molecule has 0 bridgehead atoms. The highest BCUT2D eigenvalue weighted by Crippen LogP contribution is 1.91. The van der Waals surface area contributed by atoms with Gasteiger partial charge in [0.05, 0.1) is 0 Å². The maximum absolute atomic E-state index is 8.75. The topological polar surface area (TPSA) is 27.7 Å². The summed E-state index contributed by atoms with van der Waals surface area (Å²) >= 11 is 0. The first-order valence-corrected chi connectivity index (χ1v) is 4.27. The standard InChI is InChI=1S/C10H13N2/c1-2-3-7-12-8-5-4-6-10(12)9-11/h4-6,8H,2-3,7H2,1H3/q+1. The van der Waals surface area contributed by atoms with Crippen LogP contribution in [-0.4, -0.2) is 0 Å². The SMILES string of the molecule is CCCC[n+]1ccccc1C#N. The molecule has 0 radical (unpaired) electrons. The van der Waals surface area contributed by atoms with Gasteiger partial charge in [-0.05, 0) is 6.07 Å². The van der Waals surface area contributed by atoms with E-state index in [4.69, 9.17) is 5.26 Å².